The molecule has 1 fully saturated rings. The lowest BCUT2D eigenvalue weighted by Gasteiger charge is -2.38. The van der Waals surface area contributed by atoms with Crippen LogP contribution < -0.4 is 14.2 Å². The first-order valence-electron chi connectivity index (χ1n) is 8.97. The zero-order valence-corrected chi connectivity index (χ0v) is 15.4. The van der Waals surface area contributed by atoms with E-state index >= 15 is 0 Å². The van der Waals surface area contributed by atoms with Crippen molar-refractivity contribution in [2.24, 2.45) is 0 Å². The van der Waals surface area contributed by atoms with Crippen LogP contribution in [0.1, 0.15) is 43.5 Å². The smallest absolute Gasteiger partial charge is 0.338 e. The first-order valence-corrected chi connectivity index (χ1v) is 8.97. The van der Waals surface area contributed by atoms with Crippen LogP contribution in [-0.2, 0) is 9.53 Å². The minimum atomic E-state index is -0.592. The number of nitrogens with zero attached hydrogens (tertiary/aromatic N) is 1. The molecule has 2 aliphatic rings. The summed E-state index contributed by atoms with van der Waals surface area (Å²) in [5, 5.41) is 0. The molecule has 26 heavy (non-hydrogen) atoms. The van der Waals surface area contributed by atoms with Crippen molar-refractivity contribution < 1.29 is 28.5 Å². The first kappa shape index (κ1) is 18.4. The van der Waals surface area contributed by atoms with E-state index < -0.39 is 5.97 Å². The van der Waals surface area contributed by atoms with Gasteiger partial charge in [0.05, 0.1) is 12.7 Å². The average molecular weight is 363 g/mol. The molecule has 2 aliphatic heterocycles. The maximum atomic E-state index is 12.5. The van der Waals surface area contributed by atoms with Crippen LogP contribution in [0.4, 0.5) is 0 Å². The summed E-state index contributed by atoms with van der Waals surface area (Å²) >= 11 is 0. The van der Waals surface area contributed by atoms with E-state index in [1.807, 2.05) is 18.7 Å². The molecule has 0 N–H and O–H groups in total. The van der Waals surface area contributed by atoms with Crippen LogP contribution in [-0.4, -0.2) is 55.8 Å². The Morgan fingerprint density at radius 2 is 1.85 bits per heavy atom. The molecular weight excluding hydrogens is 338 g/mol. The fourth-order valence-electron chi connectivity index (χ4n) is 3.59. The highest BCUT2D eigenvalue weighted by Gasteiger charge is 2.30. The van der Waals surface area contributed by atoms with E-state index in [2.05, 4.69) is 0 Å². The van der Waals surface area contributed by atoms with Crippen molar-refractivity contribution in [3.8, 4) is 17.2 Å². The molecule has 0 radical (unpaired) electrons. The highest BCUT2D eigenvalue weighted by molar-refractivity contribution is 5.93. The van der Waals surface area contributed by atoms with Crippen molar-refractivity contribution in [3.63, 3.8) is 0 Å². The van der Waals surface area contributed by atoms with E-state index in [9.17, 15) is 9.59 Å². The van der Waals surface area contributed by atoms with Crippen LogP contribution in [0, 0.1) is 0 Å². The number of amides is 1. The molecule has 2 atom stereocenters. The molecule has 142 valence electrons. The zero-order chi connectivity index (χ0) is 18.7. The average Bonchev–Trinajstić information content (AvgIpc) is 2.65. The minimum Gasteiger partial charge on any atom is -0.493 e. The number of benzene rings is 1. The van der Waals surface area contributed by atoms with Gasteiger partial charge in [-0.05, 0) is 45.2 Å². The Kier molecular flexibility index (Phi) is 5.54. The Labute approximate surface area is 153 Å². The van der Waals surface area contributed by atoms with Gasteiger partial charge >= 0.3 is 5.97 Å². The van der Waals surface area contributed by atoms with Crippen molar-refractivity contribution in [2.75, 3.05) is 26.9 Å². The predicted octanol–water partition coefficient (Wildman–Crippen LogP) is 2.41. The quantitative estimate of drug-likeness (QED) is 0.765. The topological polar surface area (TPSA) is 74.3 Å². The minimum absolute atomic E-state index is 0.164. The Bertz CT molecular complexity index is 662. The summed E-state index contributed by atoms with van der Waals surface area (Å²) in [6.07, 6.45) is 3.07. The number of likely N-dealkylation sites (tertiary alicyclic amines) is 1. The summed E-state index contributed by atoms with van der Waals surface area (Å²) in [5.74, 6) is 0.557. The number of carbonyl (C=O) groups excluding carboxylic acids is 2. The maximum Gasteiger partial charge on any atom is 0.338 e. The van der Waals surface area contributed by atoms with Gasteiger partial charge in [0, 0.05) is 12.1 Å². The molecule has 2 heterocycles. The summed E-state index contributed by atoms with van der Waals surface area (Å²) < 4.78 is 21.5. The number of fused-ring (bicyclic) bond motifs is 1. The molecule has 0 unspecified atom stereocenters. The summed E-state index contributed by atoms with van der Waals surface area (Å²) in [4.78, 5) is 26.7. The van der Waals surface area contributed by atoms with E-state index in [1.54, 1.807) is 6.07 Å². The number of hydrogen-bond donors (Lipinski definition) is 0. The highest BCUT2D eigenvalue weighted by Crippen LogP contribution is 2.40. The van der Waals surface area contributed by atoms with Crippen molar-refractivity contribution in [3.05, 3.63) is 17.7 Å². The Hall–Kier alpha value is -2.44. The highest BCUT2D eigenvalue weighted by atomic mass is 16.6. The Morgan fingerprint density at radius 1 is 1.15 bits per heavy atom. The number of carbonyl (C=O) groups is 2. The van der Waals surface area contributed by atoms with Gasteiger partial charge in [0.1, 0.15) is 13.2 Å². The van der Waals surface area contributed by atoms with Crippen molar-refractivity contribution in [1.82, 2.24) is 4.90 Å². The van der Waals surface area contributed by atoms with Crippen molar-refractivity contribution >= 4 is 11.9 Å². The monoisotopic (exact) mass is 363 g/mol. The largest absolute Gasteiger partial charge is 0.493 e. The lowest BCUT2D eigenvalue weighted by molar-refractivity contribution is -0.140. The molecule has 3 rings (SSSR count). The summed E-state index contributed by atoms with van der Waals surface area (Å²) in [5.41, 5.74) is 0.263. The van der Waals surface area contributed by atoms with Gasteiger partial charge in [-0.2, -0.15) is 0 Å². The number of rotatable bonds is 4. The van der Waals surface area contributed by atoms with Crippen LogP contribution >= 0.6 is 0 Å². The number of ether oxygens (including phenoxy) is 4. The lowest BCUT2D eigenvalue weighted by Crippen LogP contribution is -2.49. The molecule has 1 aromatic rings. The predicted molar refractivity (Wildman–Crippen MR) is 93.9 cm³/mol. The van der Waals surface area contributed by atoms with Gasteiger partial charge in [-0.15, -0.1) is 0 Å². The summed E-state index contributed by atoms with van der Waals surface area (Å²) in [6, 6.07) is 3.42. The molecule has 1 amide bonds. The van der Waals surface area contributed by atoms with E-state index in [0.717, 1.165) is 19.3 Å². The van der Waals surface area contributed by atoms with Gasteiger partial charge in [-0.3, -0.25) is 4.79 Å². The van der Waals surface area contributed by atoms with Gasteiger partial charge in [-0.1, -0.05) is 0 Å². The second kappa shape index (κ2) is 7.85. The third kappa shape index (κ3) is 3.71. The maximum absolute atomic E-state index is 12.5. The number of methoxy groups -OCH3 is 1. The van der Waals surface area contributed by atoms with Crippen molar-refractivity contribution in [1.29, 1.82) is 0 Å². The molecule has 1 saturated heterocycles. The molecule has 7 heteroatoms. The summed E-state index contributed by atoms with van der Waals surface area (Å²) in [6.45, 7) is 4.61. The second-order valence-corrected chi connectivity index (χ2v) is 6.71. The standard InChI is InChI=1S/C19H25NO6/c1-12-5-4-6-13(2)20(12)17(21)11-26-19(22)14-9-15(23-3)18-16(10-14)24-7-8-25-18/h9-10,12-13H,4-8,11H2,1-3H3/t12-,13-/m0/s1. The lowest BCUT2D eigenvalue weighted by atomic mass is 9.97. The van der Waals surface area contributed by atoms with Gasteiger partial charge in [-0.25, -0.2) is 4.79 Å². The van der Waals surface area contributed by atoms with E-state index in [4.69, 9.17) is 18.9 Å². The number of esters is 1. The molecule has 1 aromatic carbocycles. The molecular formula is C19H25NO6. The molecule has 0 saturated carbocycles. The van der Waals surface area contributed by atoms with Gasteiger partial charge in [0.2, 0.25) is 5.75 Å². The molecule has 0 spiro atoms. The van der Waals surface area contributed by atoms with Crippen LogP contribution in [0.15, 0.2) is 12.1 Å². The first-order chi connectivity index (χ1) is 12.5. The molecule has 7 nitrogen and oxygen atoms in total. The van der Waals surface area contributed by atoms with Crippen LogP contribution in [0.25, 0.3) is 0 Å². The summed E-state index contributed by atoms with van der Waals surface area (Å²) in [7, 11) is 1.49. The number of piperidine rings is 1. The van der Waals surface area contributed by atoms with Crippen molar-refractivity contribution in [2.45, 2.75) is 45.2 Å². The fraction of sp³-hybridized carbons (Fsp3) is 0.579. The molecule has 0 aromatic heterocycles. The fourth-order valence-corrected chi connectivity index (χ4v) is 3.59. The third-order valence-electron chi connectivity index (χ3n) is 4.87. The third-order valence-corrected chi connectivity index (χ3v) is 4.87. The van der Waals surface area contributed by atoms with Gasteiger partial charge < -0.3 is 23.8 Å². The molecule has 0 bridgehead atoms. The van der Waals surface area contributed by atoms with Gasteiger partial charge in [0.15, 0.2) is 18.1 Å². The number of hydrogen-bond acceptors (Lipinski definition) is 6. The normalized spacial score (nSPS) is 21.9. The zero-order valence-electron chi connectivity index (χ0n) is 15.4. The Morgan fingerprint density at radius 3 is 2.54 bits per heavy atom. The van der Waals surface area contributed by atoms with Crippen LogP contribution in [0.2, 0.25) is 0 Å². The SMILES string of the molecule is COc1cc(C(=O)OCC(=O)N2[C@@H](C)CCC[C@@H]2C)cc2c1OCCO2. The second-order valence-electron chi connectivity index (χ2n) is 6.71. The van der Waals surface area contributed by atoms with Crippen LogP contribution in [0.5, 0.6) is 17.2 Å². The van der Waals surface area contributed by atoms with E-state index in [0.29, 0.717) is 30.5 Å². The van der Waals surface area contributed by atoms with E-state index in [-0.39, 0.29) is 30.2 Å². The molecule has 0 aliphatic carbocycles. The van der Waals surface area contributed by atoms with Gasteiger partial charge in [0.25, 0.3) is 5.91 Å². The van der Waals surface area contributed by atoms with E-state index in [1.165, 1.54) is 13.2 Å². The Balaban J connectivity index is 1.67. The van der Waals surface area contributed by atoms with Crippen LogP contribution in [0.3, 0.4) is 0 Å².